The number of rotatable bonds is 17. The molecule has 0 amide bonds. The molecule has 0 unspecified atom stereocenters. The van der Waals surface area contributed by atoms with Crippen molar-refractivity contribution in [1.82, 2.24) is 0 Å². The molecule has 0 aromatic rings. The summed E-state index contributed by atoms with van der Waals surface area (Å²) in [6, 6.07) is 0. The van der Waals surface area contributed by atoms with Gasteiger partial charge in [-0.25, -0.2) is 0 Å². The van der Waals surface area contributed by atoms with E-state index in [1.54, 1.807) is 14.2 Å². The monoisotopic (exact) mass is 424 g/mol. The largest absolute Gasteiger partial charge is 0.356 e. The van der Waals surface area contributed by atoms with Crippen molar-refractivity contribution in [1.29, 1.82) is 0 Å². The number of hydrogen-bond donors (Lipinski definition) is 0. The Bertz CT molecular complexity index is 227. The molecular formula is C19H37IO2. The Hall–Kier alpha value is 0.390. The number of unbranched alkanes of at least 4 members (excludes halogenated alkanes) is 10. The predicted octanol–water partition coefficient (Wildman–Crippen LogP) is 6.67. The summed E-state index contributed by atoms with van der Waals surface area (Å²) < 4.78 is 11.6. The van der Waals surface area contributed by atoms with E-state index < -0.39 is 0 Å². The Morgan fingerprint density at radius 1 is 0.682 bits per heavy atom. The number of hydrogen-bond acceptors (Lipinski definition) is 2. The van der Waals surface area contributed by atoms with Gasteiger partial charge < -0.3 is 9.47 Å². The molecule has 0 saturated heterocycles. The molecule has 0 atom stereocenters. The SMILES string of the molecule is COC(CCCCCCCCCCCC/C=C/CCI)OC. The molecular weight excluding hydrogens is 387 g/mol. The van der Waals surface area contributed by atoms with Crippen LogP contribution in [0.2, 0.25) is 0 Å². The molecule has 0 aromatic carbocycles. The molecule has 0 saturated carbocycles. The van der Waals surface area contributed by atoms with Crippen LogP contribution in [-0.2, 0) is 9.47 Å². The summed E-state index contributed by atoms with van der Waals surface area (Å²) in [7, 11) is 3.44. The van der Waals surface area contributed by atoms with Gasteiger partial charge in [-0.3, -0.25) is 0 Å². The lowest BCUT2D eigenvalue weighted by Crippen LogP contribution is -2.12. The highest BCUT2D eigenvalue weighted by atomic mass is 127. The van der Waals surface area contributed by atoms with Crippen LogP contribution in [0.25, 0.3) is 0 Å². The lowest BCUT2D eigenvalue weighted by molar-refractivity contribution is -0.107. The topological polar surface area (TPSA) is 18.5 Å². The summed E-state index contributed by atoms with van der Waals surface area (Å²) in [6.07, 6.45) is 22.0. The Morgan fingerprint density at radius 3 is 1.64 bits per heavy atom. The lowest BCUT2D eigenvalue weighted by atomic mass is 10.0. The van der Waals surface area contributed by atoms with E-state index in [-0.39, 0.29) is 6.29 Å². The predicted molar refractivity (Wildman–Crippen MR) is 106 cm³/mol. The minimum Gasteiger partial charge on any atom is -0.356 e. The number of halogens is 1. The van der Waals surface area contributed by atoms with E-state index in [1.807, 2.05) is 0 Å². The van der Waals surface area contributed by atoms with E-state index in [1.165, 1.54) is 81.5 Å². The minimum absolute atomic E-state index is 0.00332. The van der Waals surface area contributed by atoms with Crippen LogP contribution in [0, 0.1) is 0 Å². The average Bonchev–Trinajstić information content (AvgIpc) is 2.55. The molecule has 0 aliphatic heterocycles. The van der Waals surface area contributed by atoms with Gasteiger partial charge in [0.2, 0.25) is 0 Å². The van der Waals surface area contributed by atoms with E-state index in [0.29, 0.717) is 0 Å². The van der Waals surface area contributed by atoms with Gasteiger partial charge in [0.05, 0.1) is 0 Å². The third-order valence-electron chi connectivity index (χ3n) is 4.03. The zero-order valence-electron chi connectivity index (χ0n) is 14.8. The standard InChI is InChI=1S/C19H37IO2/c1-21-19(22-2)17-15-13-11-9-7-5-3-4-6-8-10-12-14-16-18-20/h12,14,19H,3-11,13,15-18H2,1-2H3/b14-12+. The van der Waals surface area contributed by atoms with Crippen molar-refractivity contribution in [3.8, 4) is 0 Å². The third-order valence-corrected chi connectivity index (χ3v) is 4.65. The van der Waals surface area contributed by atoms with Gasteiger partial charge >= 0.3 is 0 Å². The highest BCUT2D eigenvalue weighted by Gasteiger charge is 2.03. The molecule has 0 spiro atoms. The number of methoxy groups -OCH3 is 2. The first-order chi connectivity index (χ1) is 10.8. The molecule has 0 N–H and O–H groups in total. The Morgan fingerprint density at radius 2 is 1.14 bits per heavy atom. The maximum Gasteiger partial charge on any atom is 0.156 e. The van der Waals surface area contributed by atoms with E-state index in [9.17, 15) is 0 Å². The molecule has 0 rings (SSSR count). The van der Waals surface area contributed by atoms with Gasteiger partial charge in [-0.2, -0.15) is 0 Å². The first-order valence-electron chi connectivity index (χ1n) is 9.11. The van der Waals surface area contributed by atoms with Gasteiger partial charge in [0, 0.05) is 18.6 Å². The highest BCUT2D eigenvalue weighted by Crippen LogP contribution is 2.13. The van der Waals surface area contributed by atoms with Crippen molar-refractivity contribution in [2.24, 2.45) is 0 Å². The van der Waals surface area contributed by atoms with Gasteiger partial charge in [-0.15, -0.1) is 0 Å². The number of alkyl halides is 1. The molecule has 0 fully saturated rings. The maximum atomic E-state index is 5.19. The Labute approximate surface area is 152 Å². The fourth-order valence-electron chi connectivity index (χ4n) is 2.62. The zero-order chi connectivity index (χ0) is 16.3. The molecule has 0 radical (unpaired) electrons. The van der Waals surface area contributed by atoms with Crippen LogP contribution in [-0.4, -0.2) is 24.9 Å². The fourth-order valence-corrected chi connectivity index (χ4v) is 2.98. The molecule has 132 valence electrons. The molecule has 0 aliphatic carbocycles. The normalized spacial score (nSPS) is 11.8. The summed E-state index contributed by atoms with van der Waals surface area (Å²) in [5, 5.41) is 0. The Kier molecular flexibility index (Phi) is 19.8. The summed E-state index contributed by atoms with van der Waals surface area (Å²) in [5.41, 5.74) is 0. The van der Waals surface area contributed by atoms with Crippen molar-refractivity contribution in [2.45, 2.75) is 89.8 Å². The van der Waals surface area contributed by atoms with E-state index in [4.69, 9.17) is 9.47 Å². The van der Waals surface area contributed by atoms with E-state index >= 15 is 0 Å². The van der Waals surface area contributed by atoms with Crippen LogP contribution >= 0.6 is 22.6 Å². The maximum absolute atomic E-state index is 5.19. The molecule has 0 bridgehead atoms. The van der Waals surface area contributed by atoms with Crippen LogP contribution < -0.4 is 0 Å². The van der Waals surface area contributed by atoms with Gasteiger partial charge in [0.25, 0.3) is 0 Å². The smallest absolute Gasteiger partial charge is 0.156 e. The van der Waals surface area contributed by atoms with E-state index in [2.05, 4.69) is 34.7 Å². The molecule has 0 aromatic heterocycles. The summed E-state index contributed by atoms with van der Waals surface area (Å²) in [4.78, 5) is 0. The second-order valence-electron chi connectivity index (χ2n) is 5.96. The molecule has 0 aliphatic rings. The van der Waals surface area contributed by atoms with Gasteiger partial charge in [0.1, 0.15) is 0 Å². The third kappa shape index (κ3) is 16.8. The van der Waals surface area contributed by atoms with Crippen LogP contribution in [0.15, 0.2) is 12.2 Å². The van der Waals surface area contributed by atoms with Crippen LogP contribution in [0.3, 0.4) is 0 Å². The second-order valence-corrected chi connectivity index (χ2v) is 7.04. The van der Waals surface area contributed by atoms with Crippen molar-refractivity contribution in [3.05, 3.63) is 12.2 Å². The van der Waals surface area contributed by atoms with Crippen molar-refractivity contribution < 1.29 is 9.47 Å². The first-order valence-corrected chi connectivity index (χ1v) is 10.6. The first kappa shape index (κ1) is 22.4. The molecule has 0 heterocycles. The number of ether oxygens (including phenoxy) is 2. The number of allylic oxidation sites excluding steroid dienone is 2. The van der Waals surface area contributed by atoms with Gasteiger partial charge in [-0.1, -0.05) is 86.1 Å². The summed E-state index contributed by atoms with van der Waals surface area (Å²) in [6.45, 7) is 0. The van der Waals surface area contributed by atoms with Crippen LogP contribution in [0.4, 0.5) is 0 Å². The van der Waals surface area contributed by atoms with Crippen molar-refractivity contribution >= 4 is 22.6 Å². The van der Waals surface area contributed by atoms with E-state index in [0.717, 1.165) is 6.42 Å². The second kappa shape index (κ2) is 19.4. The average molecular weight is 424 g/mol. The Balaban J connectivity index is 3.08. The minimum atomic E-state index is -0.00332. The van der Waals surface area contributed by atoms with Crippen molar-refractivity contribution in [2.75, 3.05) is 18.6 Å². The summed E-state index contributed by atoms with van der Waals surface area (Å²) in [5.74, 6) is 0. The quantitative estimate of drug-likeness (QED) is 0.0854. The fraction of sp³-hybridized carbons (Fsp3) is 0.895. The summed E-state index contributed by atoms with van der Waals surface area (Å²) >= 11 is 2.43. The lowest BCUT2D eigenvalue weighted by Gasteiger charge is -2.12. The molecule has 3 heteroatoms. The zero-order valence-corrected chi connectivity index (χ0v) is 17.0. The van der Waals surface area contributed by atoms with Gasteiger partial charge in [-0.05, 0) is 32.1 Å². The van der Waals surface area contributed by atoms with Crippen molar-refractivity contribution in [3.63, 3.8) is 0 Å². The molecule has 22 heavy (non-hydrogen) atoms. The van der Waals surface area contributed by atoms with Crippen LogP contribution in [0.5, 0.6) is 0 Å². The molecule has 2 nitrogen and oxygen atoms in total. The van der Waals surface area contributed by atoms with Crippen LogP contribution in [0.1, 0.15) is 83.5 Å². The highest BCUT2D eigenvalue weighted by molar-refractivity contribution is 14.1. The van der Waals surface area contributed by atoms with Gasteiger partial charge in [0.15, 0.2) is 6.29 Å².